The van der Waals surface area contributed by atoms with E-state index in [0.29, 0.717) is 19.7 Å². The van der Waals surface area contributed by atoms with Crippen LogP contribution in [0.1, 0.15) is 31.9 Å². The molecule has 0 aliphatic carbocycles. The van der Waals surface area contributed by atoms with E-state index in [4.69, 9.17) is 10.5 Å². The van der Waals surface area contributed by atoms with Crippen LogP contribution < -0.4 is 11.1 Å². The molecule has 1 aliphatic rings. The predicted molar refractivity (Wildman–Crippen MR) is 83.1 cm³/mol. The summed E-state index contributed by atoms with van der Waals surface area (Å²) in [5, 5.41) is 2.09. The highest BCUT2D eigenvalue weighted by Gasteiger charge is 2.35. The van der Waals surface area contributed by atoms with Gasteiger partial charge in [-0.2, -0.15) is 0 Å². The first-order valence-corrected chi connectivity index (χ1v) is 7.39. The van der Waals surface area contributed by atoms with E-state index in [-0.39, 0.29) is 24.0 Å². The van der Waals surface area contributed by atoms with Gasteiger partial charge in [-0.1, -0.05) is 30.3 Å². The molecular weight excluding hydrogens is 282 g/mol. The van der Waals surface area contributed by atoms with Crippen molar-refractivity contribution >= 4 is 11.9 Å². The molecule has 22 heavy (non-hydrogen) atoms. The van der Waals surface area contributed by atoms with Gasteiger partial charge >= 0.3 is 6.03 Å². The highest BCUT2D eigenvalue weighted by atomic mass is 16.5. The van der Waals surface area contributed by atoms with Gasteiger partial charge in [-0.3, -0.25) is 15.0 Å². The van der Waals surface area contributed by atoms with E-state index in [2.05, 4.69) is 24.1 Å². The first-order valence-electron chi connectivity index (χ1n) is 7.39. The molecule has 1 heterocycles. The first-order chi connectivity index (χ1) is 10.4. The lowest BCUT2D eigenvalue weighted by Crippen LogP contribution is -2.54. The van der Waals surface area contributed by atoms with Gasteiger partial charge in [0, 0.05) is 25.0 Å². The van der Waals surface area contributed by atoms with Crippen LogP contribution in [-0.2, 0) is 9.53 Å². The highest BCUT2D eigenvalue weighted by Crippen LogP contribution is 2.30. The maximum atomic E-state index is 11.6. The lowest BCUT2D eigenvalue weighted by Gasteiger charge is -2.45. The molecular formula is C16H23N3O3. The number of primary amides is 1. The molecule has 120 valence electrons. The molecule has 1 aromatic carbocycles. The zero-order valence-electron chi connectivity index (χ0n) is 13.0. The quantitative estimate of drug-likeness (QED) is 0.881. The lowest BCUT2D eigenvalue weighted by molar-refractivity contribution is -0.124. The molecule has 1 unspecified atom stereocenters. The molecule has 1 saturated heterocycles. The second-order valence-corrected chi connectivity index (χ2v) is 6.13. The van der Waals surface area contributed by atoms with Crippen molar-refractivity contribution in [1.82, 2.24) is 10.2 Å². The van der Waals surface area contributed by atoms with Crippen molar-refractivity contribution < 1.29 is 14.3 Å². The SMILES string of the molecule is CC1(C)COC(c2ccccc2)CN1CCC(=O)NC(N)=O. The minimum atomic E-state index is -0.812. The van der Waals surface area contributed by atoms with Crippen LogP contribution in [0.4, 0.5) is 4.79 Å². The number of rotatable bonds is 4. The third-order valence-corrected chi connectivity index (χ3v) is 3.92. The van der Waals surface area contributed by atoms with E-state index >= 15 is 0 Å². The van der Waals surface area contributed by atoms with Gasteiger partial charge in [-0.15, -0.1) is 0 Å². The molecule has 1 aliphatic heterocycles. The van der Waals surface area contributed by atoms with Crippen LogP contribution in [0.25, 0.3) is 0 Å². The minimum Gasteiger partial charge on any atom is -0.370 e. The molecule has 3 amide bonds. The van der Waals surface area contributed by atoms with E-state index in [1.807, 2.05) is 30.3 Å². The van der Waals surface area contributed by atoms with Gasteiger partial charge in [0.05, 0.1) is 12.7 Å². The van der Waals surface area contributed by atoms with Crippen LogP contribution in [0.5, 0.6) is 0 Å². The summed E-state index contributed by atoms with van der Waals surface area (Å²) < 4.78 is 5.96. The summed E-state index contributed by atoms with van der Waals surface area (Å²) in [6.45, 7) is 6.02. The van der Waals surface area contributed by atoms with Crippen molar-refractivity contribution in [1.29, 1.82) is 0 Å². The zero-order valence-corrected chi connectivity index (χ0v) is 13.0. The molecule has 0 bridgehead atoms. The monoisotopic (exact) mass is 305 g/mol. The number of benzene rings is 1. The van der Waals surface area contributed by atoms with E-state index in [1.54, 1.807) is 0 Å². The molecule has 3 N–H and O–H groups in total. The summed E-state index contributed by atoms with van der Waals surface area (Å²) in [7, 11) is 0. The van der Waals surface area contributed by atoms with Crippen LogP contribution in [0.15, 0.2) is 30.3 Å². The van der Waals surface area contributed by atoms with Gasteiger partial charge in [0.2, 0.25) is 5.91 Å². The van der Waals surface area contributed by atoms with Crippen LogP contribution in [0.2, 0.25) is 0 Å². The smallest absolute Gasteiger partial charge is 0.318 e. The number of imide groups is 1. The molecule has 1 fully saturated rings. The topological polar surface area (TPSA) is 84.7 Å². The van der Waals surface area contributed by atoms with E-state index in [9.17, 15) is 9.59 Å². The van der Waals surface area contributed by atoms with Gasteiger partial charge in [-0.05, 0) is 19.4 Å². The first kappa shape index (κ1) is 16.5. The summed E-state index contributed by atoms with van der Waals surface area (Å²) in [6.07, 6.45) is 0.224. The fourth-order valence-corrected chi connectivity index (χ4v) is 2.60. The number of nitrogens with one attached hydrogen (secondary N) is 1. The largest absolute Gasteiger partial charge is 0.370 e. The number of ether oxygens (including phenoxy) is 1. The molecule has 0 aromatic heterocycles. The number of nitrogens with two attached hydrogens (primary N) is 1. The molecule has 0 saturated carbocycles. The number of amides is 3. The summed E-state index contributed by atoms with van der Waals surface area (Å²) in [5.74, 6) is -0.356. The minimum absolute atomic E-state index is 0.00609. The van der Waals surface area contributed by atoms with E-state index in [1.165, 1.54) is 0 Å². The van der Waals surface area contributed by atoms with E-state index in [0.717, 1.165) is 5.56 Å². The number of morpholine rings is 1. The fraction of sp³-hybridized carbons (Fsp3) is 0.500. The van der Waals surface area contributed by atoms with Gasteiger partial charge in [0.25, 0.3) is 0 Å². The summed E-state index contributed by atoms with van der Waals surface area (Å²) in [4.78, 5) is 24.5. The average molecular weight is 305 g/mol. The maximum Gasteiger partial charge on any atom is 0.318 e. The molecule has 6 nitrogen and oxygen atoms in total. The average Bonchev–Trinajstić information content (AvgIpc) is 2.46. The summed E-state index contributed by atoms with van der Waals surface area (Å²) in [5.41, 5.74) is 5.92. The summed E-state index contributed by atoms with van der Waals surface area (Å²) >= 11 is 0. The number of carbonyl (C=O) groups excluding carboxylic acids is 2. The molecule has 0 radical (unpaired) electrons. The summed E-state index contributed by atoms with van der Waals surface area (Å²) in [6, 6.07) is 9.23. The standard InChI is InChI=1S/C16H23N3O3/c1-16(2)11-22-13(12-6-4-3-5-7-12)10-19(16)9-8-14(20)18-15(17)21/h3-7,13H,8-11H2,1-2H3,(H3,17,18,20,21). The van der Waals surface area contributed by atoms with Crippen molar-refractivity contribution in [2.75, 3.05) is 19.7 Å². The normalized spacial score (nSPS) is 21.3. The second-order valence-electron chi connectivity index (χ2n) is 6.13. The Balaban J connectivity index is 1.97. The number of urea groups is 1. The Morgan fingerprint density at radius 1 is 1.36 bits per heavy atom. The van der Waals surface area contributed by atoms with Gasteiger partial charge in [0.15, 0.2) is 0 Å². The van der Waals surface area contributed by atoms with Crippen LogP contribution in [-0.4, -0.2) is 42.1 Å². The highest BCUT2D eigenvalue weighted by molar-refractivity contribution is 5.93. The molecule has 6 heteroatoms. The lowest BCUT2D eigenvalue weighted by atomic mass is 9.98. The van der Waals surface area contributed by atoms with Gasteiger partial charge in [0.1, 0.15) is 0 Å². The van der Waals surface area contributed by atoms with Crippen LogP contribution >= 0.6 is 0 Å². The Morgan fingerprint density at radius 3 is 2.68 bits per heavy atom. The number of hydrogen-bond acceptors (Lipinski definition) is 4. The van der Waals surface area contributed by atoms with Crippen LogP contribution in [0, 0.1) is 0 Å². The number of carbonyl (C=O) groups is 2. The maximum absolute atomic E-state index is 11.6. The molecule has 0 spiro atoms. The zero-order chi connectivity index (χ0) is 16.2. The Hall–Kier alpha value is -1.92. The van der Waals surface area contributed by atoms with Crippen molar-refractivity contribution in [2.45, 2.75) is 31.9 Å². The van der Waals surface area contributed by atoms with Crippen molar-refractivity contribution in [3.8, 4) is 0 Å². The Bertz CT molecular complexity index is 531. The van der Waals surface area contributed by atoms with Crippen molar-refractivity contribution in [3.63, 3.8) is 0 Å². The van der Waals surface area contributed by atoms with Crippen LogP contribution in [0.3, 0.4) is 0 Å². The predicted octanol–water partition coefficient (Wildman–Crippen LogP) is 1.42. The van der Waals surface area contributed by atoms with Crippen molar-refractivity contribution in [2.24, 2.45) is 5.73 Å². The molecule has 2 rings (SSSR count). The molecule has 1 atom stereocenters. The third kappa shape index (κ3) is 4.29. The van der Waals surface area contributed by atoms with Gasteiger partial charge < -0.3 is 10.5 Å². The molecule has 1 aromatic rings. The van der Waals surface area contributed by atoms with E-state index < -0.39 is 6.03 Å². The number of nitrogens with zero attached hydrogens (tertiary/aromatic N) is 1. The second kappa shape index (κ2) is 6.89. The van der Waals surface area contributed by atoms with Crippen molar-refractivity contribution in [3.05, 3.63) is 35.9 Å². The Labute approximate surface area is 130 Å². The third-order valence-electron chi connectivity index (χ3n) is 3.92. The Morgan fingerprint density at radius 2 is 2.05 bits per heavy atom. The fourth-order valence-electron chi connectivity index (χ4n) is 2.60. The van der Waals surface area contributed by atoms with Gasteiger partial charge in [-0.25, -0.2) is 4.79 Å². The number of hydrogen-bond donors (Lipinski definition) is 2. The Kier molecular flexibility index (Phi) is 5.15.